The molecule has 0 fully saturated rings. The van der Waals surface area contributed by atoms with Gasteiger partial charge in [-0.1, -0.05) is 11.6 Å². The Morgan fingerprint density at radius 3 is 2.57 bits per heavy atom. The van der Waals surface area contributed by atoms with Crippen LogP contribution in [0.3, 0.4) is 0 Å². The van der Waals surface area contributed by atoms with Crippen LogP contribution in [0, 0.1) is 6.92 Å². The van der Waals surface area contributed by atoms with E-state index in [0.29, 0.717) is 5.69 Å². The van der Waals surface area contributed by atoms with Crippen molar-refractivity contribution in [1.82, 2.24) is 4.98 Å². The highest BCUT2D eigenvalue weighted by molar-refractivity contribution is 6.31. The lowest BCUT2D eigenvalue weighted by molar-refractivity contribution is 0.0696. The molecule has 0 aliphatic heterocycles. The number of halogens is 1. The zero-order valence-electron chi connectivity index (χ0n) is 10.9. The molecule has 0 saturated heterocycles. The van der Waals surface area contributed by atoms with Crippen molar-refractivity contribution in [2.45, 2.75) is 6.92 Å². The van der Waals surface area contributed by atoms with Gasteiger partial charge in [0.25, 0.3) is 5.91 Å². The van der Waals surface area contributed by atoms with Crippen molar-refractivity contribution in [1.29, 1.82) is 0 Å². The molecule has 1 amide bonds. The molecule has 1 aromatic carbocycles. The molecule has 1 heterocycles. The van der Waals surface area contributed by atoms with Gasteiger partial charge in [-0.3, -0.25) is 9.59 Å². The first-order valence-electron chi connectivity index (χ1n) is 5.91. The van der Waals surface area contributed by atoms with E-state index in [1.54, 1.807) is 6.92 Å². The minimum Gasteiger partial charge on any atom is -0.478 e. The number of aromatic nitrogens is 1. The van der Waals surface area contributed by atoms with Crippen molar-refractivity contribution in [2.75, 3.05) is 5.32 Å². The van der Waals surface area contributed by atoms with Crippen LogP contribution in [0.1, 0.15) is 26.4 Å². The van der Waals surface area contributed by atoms with Crippen molar-refractivity contribution in [3.8, 4) is 0 Å². The van der Waals surface area contributed by atoms with E-state index in [1.807, 2.05) is 0 Å². The molecule has 0 spiro atoms. The predicted molar refractivity (Wildman–Crippen MR) is 78.2 cm³/mol. The fourth-order valence-corrected chi connectivity index (χ4v) is 1.97. The Balaban J connectivity index is 2.31. The highest BCUT2D eigenvalue weighted by Crippen LogP contribution is 2.19. The Labute approximate surface area is 124 Å². The van der Waals surface area contributed by atoms with Gasteiger partial charge in [-0.15, -0.1) is 0 Å². The summed E-state index contributed by atoms with van der Waals surface area (Å²) in [6, 6.07) is 5.22. The van der Waals surface area contributed by atoms with Crippen molar-refractivity contribution in [3.63, 3.8) is 0 Å². The summed E-state index contributed by atoms with van der Waals surface area (Å²) >= 11 is 5.79. The van der Waals surface area contributed by atoms with E-state index in [0.717, 1.165) is 0 Å². The summed E-state index contributed by atoms with van der Waals surface area (Å²) in [5.74, 6) is -1.81. The standard InChI is InChI=1S/C14H11ClN2O4/c1-7-2-12(18)11(6-16-7)13(19)17-10-4-8(14(20)21)3-9(15)5-10/h2-6H,1H3,(H,16,18)(H,17,19)(H,20,21). The quantitative estimate of drug-likeness (QED) is 0.810. The molecule has 7 heteroatoms. The maximum Gasteiger partial charge on any atom is 0.335 e. The number of carbonyl (C=O) groups is 2. The second-order valence-electron chi connectivity index (χ2n) is 4.38. The third kappa shape index (κ3) is 3.49. The van der Waals surface area contributed by atoms with Crippen molar-refractivity contribution in [3.05, 3.63) is 62.5 Å². The second-order valence-corrected chi connectivity index (χ2v) is 4.82. The largest absolute Gasteiger partial charge is 0.478 e. The summed E-state index contributed by atoms with van der Waals surface area (Å²) in [5, 5.41) is 11.6. The molecule has 0 aliphatic rings. The number of anilines is 1. The van der Waals surface area contributed by atoms with Gasteiger partial charge < -0.3 is 15.4 Å². The molecule has 2 aromatic rings. The van der Waals surface area contributed by atoms with Gasteiger partial charge in [-0.05, 0) is 25.1 Å². The monoisotopic (exact) mass is 306 g/mol. The van der Waals surface area contributed by atoms with Crippen LogP contribution in [0.15, 0.2) is 35.3 Å². The first kappa shape index (κ1) is 14.8. The Kier molecular flexibility index (Phi) is 4.09. The fraction of sp³-hybridized carbons (Fsp3) is 0.0714. The van der Waals surface area contributed by atoms with Crippen LogP contribution in [-0.2, 0) is 0 Å². The van der Waals surface area contributed by atoms with Crippen LogP contribution in [-0.4, -0.2) is 22.0 Å². The zero-order chi connectivity index (χ0) is 15.6. The number of H-pyrrole nitrogens is 1. The second kappa shape index (κ2) is 5.80. The topological polar surface area (TPSA) is 99.3 Å². The molecule has 0 unspecified atom stereocenters. The number of aromatic carboxylic acids is 1. The van der Waals surface area contributed by atoms with E-state index in [4.69, 9.17) is 16.7 Å². The molecule has 0 aliphatic carbocycles. The lowest BCUT2D eigenvalue weighted by atomic mass is 10.2. The van der Waals surface area contributed by atoms with E-state index < -0.39 is 17.3 Å². The Morgan fingerprint density at radius 1 is 1.24 bits per heavy atom. The van der Waals surface area contributed by atoms with E-state index in [9.17, 15) is 14.4 Å². The minimum atomic E-state index is -1.17. The summed E-state index contributed by atoms with van der Waals surface area (Å²) in [6.07, 6.45) is 1.30. The molecule has 6 nitrogen and oxygen atoms in total. The van der Waals surface area contributed by atoms with Crippen molar-refractivity contribution in [2.24, 2.45) is 0 Å². The number of benzene rings is 1. The number of carboxylic acids is 1. The maximum absolute atomic E-state index is 12.0. The molecule has 0 bridgehead atoms. The van der Waals surface area contributed by atoms with E-state index in [1.165, 1.54) is 30.5 Å². The normalized spacial score (nSPS) is 10.2. The fourth-order valence-electron chi connectivity index (χ4n) is 1.73. The third-order valence-electron chi connectivity index (χ3n) is 2.70. The van der Waals surface area contributed by atoms with Gasteiger partial charge in [0, 0.05) is 28.7 Å². The average Bonchev–Trinajstić information content (AvgIpc) is 2.37. The Morgan fingerprint density at radius 2 is 1.95 bits per heavy atom. The number of rotatable bonds is 3. The van der Waals surface area contributed by atoms with Crippen molar-refractivity contribution >= 4 is 29.2 Å². The molecular formula is C14H11ClN2O4. The number of aromatic amines is 1. The molecular weight excluding hydrogens is 296 g/mol. The summed E-state index contributed by atoms with van der Waals surface area (Å²) in [7, 11) is 0. The molecule has 0 saturated carbocycles. The summed E-state index contributed by atoms with van der Waals surface area (Å²) in [5.41, 5.74) is 0.273. The molecule has 1 aromatic heterocycles. The number of nitrogens with one attached hydrogen (secondary N) is 2. The van der Waals surface area contributed by atoms with Gasteiger partial charge in [-0.25, -0.2) is 4.79 Å². The number of pyridine rings is 1. The Hall–Kier alpha value is -2.60. The van der Waals surface area contributed by atoms with Gasteiger partial charge in [0.05, 0.1) is 5.56 Å². The lowest BCUT2D eigenvalue weighted by Gasteiger charge is -2.07. The van der Waals surface area contributed by atoms with Crippen molar-refractivity contribution < 1.29 is 14.7 Å². The molecule has 3 N–H and O–H groups in total. The van der Waals surface area contributed by atoms with E-state index in [-0.39, 0.29) is 21.8 Å². The lowest BCUT2D eigenvalue weighted by Crippen LogP contribution is -2.21. The smallest absolute Gasteiger partial charge is 0.335 e. The Bertz CT molecular complexity index is 783. The highest BCUT2D eigenvalue weighted by Gasteiger charge is 2.12. The SMILES string of the molecule is Cc1cc(=O)c(C(=O)Nc2cc(Cl)cc(C(=O)O)c2)c[nH]1. The number of carbonyl (C=O) groups excluding carboxylic acids is 1. The molecule has 0 atom stereocenters. The van der Waals surface area contributed by atoms with E-state index >= 15 is 0 Å². The van der Waals surface area contributed by atoms with Crippen LogP contribution in [0.4, 0.5) is 5.69 Å². The number of hydrogen-bond acceptors (Lipinski definition) is 3. The minimum absolute atomic E-state index is 0.0596. The molecule has 21 heavy (non-hydrogen) atoms. The van der Waals surface area contributed by atoms with Crippen LogP contribution in [0.25, 0.3) is 0 Å². The molecule has 2 rings (SSSR count). The van der Waals surface area contributed by atoms with Gasteiger partial charge in [0.1, 0.15) is 5.56 Å². The first-order valence-corrected chi connectivity index (χ1v) is 6.29. The highest BCUT2D eigenvalue weighted by atomic mass is 35.5. The number of amides is 1. The molecule has 0 radical (unpaired) electrons. The van der Waals surface area contributed by atoms with Crippen LogP contribution >= 0.6 is 11.6 Å². The van der Waals surface area contributed by atoms with Crippen LogP contribution < -0.4 is 10.7 Å². The first-order chi connectivity index (χ1) is 9.86. The number of aryl methyl sites for hydroxylation is 1. The van der Waals surface area contributed by atoms with Gasteiger partial charge in [-0.2, -0.15) is 0 Å². The number of carboxylic acid groups (broad SMARTS) is 1. The van der Waals surface area contributed by atoms with Gasteiger partial charge in [0.15, 0.2) is 5.43 Å². The maximum atomic E-state index is 12.0. The predicted octanol–water partition coefficient (Wildman–Crippen LogP) is 2.29. The van der Waals surface area contributed by atoms with Gasteiger partial charge in [0.2, 0.25) is 0 Å². The van der Waals surface area contributed by atoms with Crippen LogP contribution in [0.2, 0.25) is 5.02 Å². The summed E-state index contributed by atoms with van der Waals surface area (Å²) < 4.78 is 0. The third-order valence-corrected chi connectivity index (χ3v) is 2.92. The van der Waals surface area contributed by atoms with E-state index in [2.05, 4.69) is 10.3 Å². The summed E-state index contributed by atoms with van der Waals surface area (Å²) in [6.45, 7) is 1.69. The average molecular weight is 307 g/mol. The zero-order valence-corrected chi connectivity index (χ0v) is 11.7. The summed E-state index contributed by atoms with van der Waals surface area (Å²) in [4.78, 5) is 37.4. The van der Waals surface area contributed by atoms with Crippen LogP contribution in [0.5, 0.6) is 0 Å². The van der Waals surface area contributed by atoms with Gasteiger partial charge >= 0.3 is 5.97 Å². The molecule has 108 valence electrons. The number of hydrogen-bond donors (Lipinski definition) is 3.